The molecule has 0 N–H and O–H groups in total. The Bertz CT molecular complexity index is 77.7. The topological polar surface area (TPSA) is 35.5 Å². The van der Waals surface area contributed by atoms with Gasteiger partial charge >= 0.3 is 6.47 Å². The third-order valence-corrected chi connectivity index (χ3v) is 1.11. The molecule has 3 nitrogen and oxygen atoms in total. The number of hydrogen-bond donors (Lipinski definition) is 0. The van der Waals surface area contributed by atoms with Gasteiger partial charge in [-0.15, -0.1) is 0 Å². The molecule has 0 atom stereocenters. The highest BCUT2D eigenvalue weighted by Crippen LogP contribution is 2.28. The van der Waals surface area contributed by atoms with Crippen molar-refractivity contribution in [2.24, 2.45) is 5.92 Å². The summed E-state index contributed by atoms with van der Waals surface area (Å²) in [7, 11) is 0. The first-order valence-electron chi connectivity index (χ1n) is 2.65. The average Bonchev–Trinajstić information content (AvgIpc) is 2.51. The Morgan fingerprint density at radius 3 is 2.88 bits per heavy atom. The summed E-state index contributed by atoms with van der Waals surface area (Å²) in [5, 5.41) is 0. The van der Waals surface area contributed by atoms with E-state index in [9.17, 15) is 4.79 Å². The van der Waals surface area contributed by atoms with Gasteiger partial charge in [-0.25, -0.2) is 0 Å². The van der Waals surface area contributed by atoms with Crippen LogP contribution >= 0.6 is 0 Å². The predicted octanol–water partition coefficient (Wildman–Crippen LogP) is 0.501. The predicted molar refractivity (Wildman–Crippen MR) is 25.8 cm³/mol. The highest BCUT2D eigenvalue weighted by Gasteiger charge is 2.21. The van der Waals surface area contributed by atoms with Gasteiger partial charge in [-0.2, -0.15) is 4.89 Å². The third-order valence-electron chi connectivity index (χ3n) is 1.11. The first-order chi connectivity index (χ1) is 3.93. The molecule has 0 bridgehead atoms. The zero-order valence-corrected chi connectivity index (χ0v) is 4.50. The van der Waals surface area contributed by atoms with E-state index in [1.165, 1.54) is 12.8 Å². The van der Waals surface area contributed by atoms with Crippen LogP contribution < -0.4 is 0 Å². The van der Waals surface area contributed by atoms with Gasteiger partial charge in [-0.3, -0.25) is 4.79 Å². The molecule has 0 heterocycles. The zero-order chi connectivity index (χ0) is 5.82. The van der Waals surface area contributed by atoms with E-state index in [0.29, 0.717) is 19.0 Å². The van der Waals surface area contributed by atoms with Crippen molar-refractivity contribution in [3.8, 4) is 0 Å². The van der Waals surface area contributed by atoms with Crippen LogP contribution in [0.5, 0.6) is 0 Å². The van der Waals surface area contributed by atoms with Crippen molar-refractivity contribution in [1.82, 2.24) is 0 Å². The molecule has 8 heavy (non-hydrogen) atoms. The first-order valence-corrected chi connectivity index (χ1v) is 2.65. The largest absolute Gasteiger partial charge is 0.330 e. The summed E-state index contributed by atoms with van der Waals surface area (Å²) in [6.07, 6.45) is 2.42. The van der Waals surface area contributed by atoms with Crippen molar-refractivity contribution >= 4 is 6.47 Å². The van der Waals surface area contributed by atoms with Gasteiger partial charge in [0.05, 0.1) is 6.61 Å². The molecule has 0 unspecified atom stereocenters. The summed E-state index contributed by atoms with van der Waals surface area (Å²) >= 11 is 0. The molecule has 1 rings (SSSR count). The van der Waals surface area contributed by atoms with E-state index < -0.39 is 0 Å². The fourth-order valence-corrected chi connectivity index (χ4v) is 0.448. The van der Waals surface area contributed by atoms with Crippen molar-refractivity contribution in [3.05, 3.63) is 0 Å². The molecule has 0 amide bonds. The van der Waals surface area contributed by atoms with Gasteiger partial charge in [0.15, 0.2) is 0 Å². The summed E-state index contributed by atoms with van der Waals surface area (Å²) in [6, 6.07) is 0. The van der Waals surface area contributed by atoms with Crippen molar-refractivity contribution < 1.29 is 14.6 Å². The van der Waals surface area contributed by atoms with Gasteiger partial charge in [0.25, 0.3) is 0 Å². The van der Waals surface area contributed by atoms with Crippen LogP contribution in [0.25, 0.3) is 0 Å². The van der Waals surface area contributed by atoms with E-state index in [-0.39, 0.29) is 0 Å². The molecule has 1 saturated carbocycles. The highest BCUT2D eigenvalue weighted by molar-refractivity contribution is 5.35. The van der Waals surface area contributed by atoms with Crippen LogP contribution in [0.1, 0.15) is 12.8 Å². The van der Waals surface area contributed by atoms with Crippen LogP contribution in [-0.4, -0.2) is 13.1 Å². The second-order valence-electron chi connectivity index (χ2n) is 1.92. The average molecular weight is 116 g/mol. The fraction of sp³-hybridized carbons (Fsp3) is 0.800. The van der Waals surface area contributed by atoms with Gasteiger partial charge in [0.2, 0.25) is 0 Å². The van der Waals surface area contributed by atoms with Crippen LogP contribution in [0.2, 0.25) is 0 Å². The molecule has 0 saturated heterocycles. The van der Waals surface area contributed by atoms with E-state index in [1.807, 2.05) is 0 Å². The standard InChI is InChI=1S/C5H8O3/c6-4-8-7-3-5-1-2-5/h4-5H,1-3H2. The molecule has 1 aliphatic rings. The second-order valence-corrected chi connectivity index (χ2v) is 1.92. The van der Waals surface area contributed by atoms with Crippen molar-refractivity contribution in [1.29, 1.82) is 0 Å². The molecule has 0 aliphatic heterocycles. The molecule has 0 aromatic rings. The van der Waals surface area contributed by atoms with Gasteiger partial charge in [0.1, 0.15) is 0 Å². The minimum Gasteiger partial charge on any atom is -0.302 e. The molecule has 1 fully saturated rings. The minimum absolute atomic E-state index is 0.294. The molecular formula is C5H8O3. The molecule has 1 aliphatic carbocycles. The maximum atomic E-state index is 9.46. The second kappa shape index (κ2) is 2.67. The zero-order valence-electron chi connectivity index (χ0n) is 4.50. The van der Waals surface area contributed by atoms with Crippen molar-refractivity contribution in [2.75, 3.05) is 6.61 Å². The summed E-state index contributed by atoms with van der Waals surface area (Å²) in [4.78, 5) is 17.9. The Morgan fingerprint density at radius 1 is 1.62 bits per heavy atom. The van der Waals surface area contributed by atoms with Crippen LogP contribution in [0, 0.1) is 5.92 Å². The number of rotatable bonds is 4. The Morgan fingerprint density at radius 2 is 2.38 bits per heavy atom. The van der Waals surface area contributed by atoms with Gasteiger partial charge in [-0.1, -0.05) is 0 Å². The summed E-state index contributed by atoms with van der Waals surface area (Å²) in [5.41, 5.74) is 0. The summed E-state index contributed by atoms with van der Waals surface area (Å²) in [5.74, 6) is 0.648. The third kappa shape index (κ3) is 1.93. The molecule has 0 radical (unpaired) electrons. The Kier molecular flexibility index (Phi) is 1.86. The number of hydrogen-bond acceptors (Lipinski definition) is 3. The quantitative estimate of drug-likeness (QED) is 0.232. The smallest absolute Gasteiger partial charge is 0.302 e. The van der Waals surface area contributed by atoms with E-state index >= 15 is 0 Å². The van der Waals surface area contributed by atoms with E-state index in [2.05, 4.69) is 9.78 Å². The lowest BCUT2D eigenvalue weighted by Gasteiger charge is -1.92. The van der Waals surface area contributed by atoms with Gasteiger partial charge in [0, 0.05) is 0 Å². The summed E-state index contributed by atoms with van der Waals surface area (Å²) in [6.45, 7) is 0.862. The Balaban J connectivity index is 1.80. The monoisotopic (exact) mass is 116 g/mol. The SMILES string of the molecule is O=COOCC1CC1. The number of carbonyl (C=O) groups is 1. The van der Waals surface area contributed by atoms with E-state index in [4.69, 9.17) is 0 Å². The molecule has 0 aromatic carbocycles. The molecule has 0 aromatic heterocycles. The van der Waals surface area contributed by atoms with Crippen molar-refractivity contribution in [2.45, 2.75) is 12.8 Å². The molecule has 46 valence electrons. The van der Waals surface area contributed by atoms with Crippen LogP contribution in [0.15, 0.2) is 0 Å². The minimum atomic E-state index is 0.294. The Hall–Kier alpha value is -0.570. The van der Waals surface area contributed by atoms with Gasteiger partial charge < -0.3 is 4.89 Å². The lowest BCUT2D eigenvalue weighted by atomic mass is 10.5. The number of carbonyl (C=O) groups excluding carboxylic acids is 1. The van der Waals surface area contributed by atoms with Crippen LogP contribution in [0.3, 0.4) is 0 Å². The maximum absolute atomic E-state index is 9.46. The highest BCUT2D eigenvalue weighted by atomic mass is 17.2. The van der Waals surface area contributed by atoms with Crippen LogP contribution in [0.4, 0.5) is 0 Å². The van der Waals surface area contributed by atoms with E-state index in [0.717, 1.165) is 0 Å². The van der Waals surface area contributed by atoms with Crippen LogP contribution in [-0.2, 0) is 14.6 Å². The first kappa shape index (κ1) is 5.56. The van der Waals surface area contributed by atoms with Crippen molar-refractivity contribution in [3.63, 3.8) is 0 Å². The Labute approximate surface area is 47.5 Å². The van der Waals surface area contributed by atoms with E-state index in [1.54, 1.807) is 0 Å². The molecule has 3 heteroatoms. The molecular weight excluding hydrogens is 108 g/mol. The lowest BCUT2D eigenvalue weighted by Crippen LogP contribution is -1.95. The summed E-state index contributed by atoms with van der Waals surface area (Å²) < 4.78 is 0. The lowest BCUT2D eigenvalue weighted by molar-refractivity contribution is -0.261. The molecule has 0 spiro atoms. The van der Waals surface area contributed by atoms with Gasteiger partial charge in [-0.05, 0) is 18.8 Å². The normalized spacial score (nSPS) is 18.0. The maximum Gasteiger partial charge on any atom is 0.330 e. The fourth-order valence-electron chi connectivity index (χ4n) is 0.448.